The number of imidazole rings is 1. The van der Waals surface area contributed by atoms with Crippen molar-refractivity contribution in [3.8, 4) is 0 Å². The largest absolute Gasteiger partial charge is 0.381 e. The van der Waals surface area contributed by atoms with Crippen LogP contribution in [0, 0.1) is 5.82 Å². The SMILES string of the molecule is CN(CC(=O)Nc1ccc(F)cc1)C(=O)[C@@H]1Cc2[nH]cnc2C2(CCOCC2)N1. The summed E-state index contributed by atoms with van der Waals surface area (Å²) in [6.07, 6.45) is 3.63. The van der Waals surface area contributed by atoms with Crippen LogP contribution in [0.25, 0.3) is 0 Å². The smallest absolute Gasteiger partial charge is 0.243 e. The molecule has 0 saturated carbocycles. The van der Waals surface area contributed by atoms with Crippen molar-refractivity contribution >= 4 is 17.5 Å². The molecule has 0 bridgehead atoms. The molecule has 1 fully saturated rings. The molecular formula is C20H24FN5O3. The van der Waals surface area contributed by atoms with Crippen molar-refractivity contribution in [2.45, 2.75) is 30.8 Å². The van der Waals surface area contributed by atoms with Crippen LogP contribution < -0.4 is 10.6 Å². The first-order valence-corrected chi connectivity index (χ1v) is 9.65. The van der Waals surface area contributed by atoms with Crippen molar-refractivity contribution in [1.29, 1.82) is 0 Å². The third-order valence-corrected chi connectivity index (χ3v) is 5.56. The van der Waals surface area contributed by atoms with Crippen molar-refractivity contribution < 1.29 is 18.7 Å². The van der Waals surface area contributed by atoms with Crippen molar-refractivity contribution in [3.05, 3.63) is 47.8 Å². The maximum absolute atomic E-state index is 13.1. The van der Waals surface area contributed by atoms with E-state index in [1.54, 1.807) is 13.4 Å². The van der Waals surface area contributed by atoms with E-state index in [0.29, 0.717) is 25.3 Å². The van der Waals surface area contributed by atoms with Gasteiger partial charge in [-0.3, -0.25) is 14.9 Å². The lowest BCUT2D eigenvalue weighted by Crippen LogP contribution is -2.60. The van der Waals surface area contributed by atoms with Crippen LogP contribution in [0.3, 0.4) is 0 Å². The zero-order chi connectivity index (χ0) is 20.4. The van der Waals surface area contributed by atoms with Crippen LogP contribution in [0.2, 0.25) is 0 Å². The Hall–Kier alpha value is -2.78. The number of aromatic nitrogens is 2. The fraction of sp³-hybridized carbons (Fsp3) is 0.450. The van der Waals surface area contributed by atoms with Gasteiger partial charge in [0.05, 0.1) is 30.1 Å². The fourth-order valence-electron chi connectivity index (χ4n) is 4.09. The Labute approximate surface area is 167 Å². The molecule has 154 valence electrons. The minimum atomic E-state index is -0.454. The second-order valence-corrected chi connectivity index (χ2v) is 7.57. The molecule has 3 N–H and O–H groups in total. The first kappa shape index (κ1) is 19.5. The third-order valence-electron chi connectivity index (χ3n) is 5.56. The first-order chi connectivity index (χ1) is 14.0. The van der Waals surface area contributed by atoms with Gasteiger partial charge < -0.3 is 19.9 Å². The lowest BCUT2D eigenvalue weighted by atomic mass is 9.80. The molecule has 2 aliphatic heterocycles. The molecule has 3 heterocycles. The number of anilines is 1. The highest BCUT2D eigenvalue weighted by atomic mass is 19.1. The summed E-state index contributed by atoms with van der Waals surface area (Å²) in [4.78, 5) is 34.4. The van der Waals surface area contributed by atoms with E-state index >= 15 is 0 Å². The van der Waals surface area contributed by atoms with Gasteiger partial charge in [0, 0.05) is 38.1 Å². The highest BCUT2D eigenvalue weighted by molar-refractivity contribution is 5.95. The predicted molar refractivity (Wildman–Crippen MR) is 104 cm³/mol. The quantitative estimate of drug-likeness (QED) is 0.714. The van der Waals surface area contributed by atoms with Gasteiger partial charge in [-0.05, 0) is 37.1 Å². The molecule has 1 aromatic carbocycles. The van der Waals surface area contributed by atoms with E-state index in [0.717, 1.165) is 24.2 Å². The van der Waals surface area contributed by atoms with Gasteiger partial charge in [-0.1, -0.05) is 0 Å². The predicted octanol–water partition coefficient (Wildman–Crippen LogP) is 1.17. The van der Waals surface area contributed by atoms with E-state index < -0.39 is 6.04 Å². The van der Waals surface area contributed by atoms with Gasteiger partial charge in [0.1, 0.15) is 5.82 Å². The molecule has 0 radical (unpaired) electrons. The number of nitrogens with one attached hydrogen (secondary N) is 3. The van der Waals surface area contributed by atoms with Crippen LogP contribution in [-0.4, -0.2) is 59.5 Å². The Morgan fingerprint density at radius 3 is 2.76 bits per heavy atom. The summed E-state index contributed by atoms with van der Waals surface area (Å²) in [6.45, 7) is 1.12. The summed E-state index contributed by atoms with van der Waals surface area (Å²) in [7, 11) is 1.60. The maximum atomic E-state index is 13.1. The Balaban J connectivity index is 1.42. The summed E-state index contributed by atoms with van der Waals surface area (Å²) in [5, 5.41) is 6.17. The van der Waals surface area contributed by atoms with E-state index in [4.69, 9.17) is 4.74 Å². The highest BCUT2D eigenvalue weighted by Gasteiger charge is 2.45. The number of benzene rings is 1. The molecule has 0 unspecified atom stereocenters. The van der Waals surface area contributed by atoms with Crippen LogP contribution in [0.5, 0.6) is 0 Å². The number of rotatable bonds is 4. The van der Waals surface area contributed by atoms with Gasteiger partial charge in [-0.15, -0.1) is 0 Å². The monoisotopic (exact) mass is 401 g/mol. The molecule has 8 nitrogen and oxygen atoms in total. The maximum Gasteiger partial charge on any atom is 0.243 e. The molecular weight excluding hydrogens is 377 g/mol. The van der Waals surface area contributed by atoms with Crippen molar-refractivity contribution in [2.24, 2.45) is 0 Å². The zero-order valence-corrected chi connectivity index (χ0v) is 16.2. The molecule has 1 saturated heterocycles. The molecule has 1 aromatic heterocycles. The lowest BCUT2D eigenvalue weighted by Gasteiger charge is -2.43. The van der Waals surface area contributed by atoms with Crippen molar-refractivity contribution in [3.63, 3.8) is 0 Å². The van der Waals surface area contributed by atoms with E-state index in [9.17, 15) is 14.0 Å². The van der Waals surface area contributed by atoms with Crippen LogP contribution in [0.4, 0.5) is 10.1 Å². The molecule has 2 aromatic rings. The average molecular weight is 401 g/mol. The van der Waals surface area contributed by atoms with Crippen LogP contribution in [0.15, 0.2) is 30.6 Å². The number of nitrogens with zero attached hydrogens (tertiary/aromatic N) is 2. The van der Waals surface area contributed by atoms with E-state index in [-0.39, 0.29) is 29.7 Å². The standard InChI is InChI=1S/C20H24FN5O3/c1-26(11-17(27)24-14-4-2-13(21)3-5-14)19(28)16-10-15-18(23-12-22-15)20(25-16)6-8-29-9-7-20/h2-5,12,16,25H,6-11H2,1H3,(H,22,23)(H,24,27)/t16-/m0/s1. The molecule has 1 atom stereocenters. The lowest BCUT2D eigenvalue weighted by molar-refractivity contribution is -0.136. The van der Waals surface area contributed by atoms with Gasteiger partial charge in [0.25, 0.3) is 0 Å². The number of amides is 2. The van der Waals surface area contributed by atoms with Gasteiger partial charge >= 0.3 is 0 Å². The van der Waals surface area contributed by atoms with Gasteiger partial charge in [-0.25, -0.2) is 9.37 Å². The molecule has 0 aliphatic carbocycles. The Morgan fingerprint density at radius 2 is 2.03 bits per heavy atom. The highest BCUT2D eigenvalue weighted by Crippen LogP contribution is 2.36. The van der Waals surface area contributed by atoms with E-state index in [1.807, 2.05) is 0 Å². The topological polar surface area (TPSA) is 99.4 Å². The Morgan fingerprint density at radius 1 is 1.31 bits per heavy atom. The van der Waals surface area contributed by atoms with E-state index in [2.05, 4.69) is 20.6 Å². The summed E-state index contributed by atoms with van der Waals surface area (Å²) >= 11 is 0. The molecule has 1 spiro atoms. The number of halogens is 1. The fourth-order valence-corrected chi connectivity index (χ4v) is 4.09. The van der Waals surface area contributed by atoms with Crippen LogP contribution >= 0.6 is 0 Å². The Kier molecular flexibility index (Phi) is 5.33. The van der Waals surface area contributed by atoms with Gasteiger partial charge in [0.15, 0.2) is 0 Å². The summed E-state index contributed by atoms with van der Waals surface area (Å²) in [5.41, 5.74) is 2.01. The minimum absolute atomic E-state index is 0.0969. The summed E-state index contributed by atoms with van der Waals surface area (Å²) in [6, 6.07) is 5.04. The second kappa shape index (κ2) is 7.92. The second-order valence-electron chi connectivity index (χ2n) is 7.57. The normalized spacial score (nSPS) is 20.1. The molecule has 2 amide bonds. The molecule has 29 heavy (non-hydrogen) atoms. The first-order valence-electron chi connectivity index (χ1n) is 9.65. The van der Waals surface area contributed by atoms with Crippen molar-refractivity contribution in [1.82, 2.24) is 20.2 Å². The molecule has 2 aliphatic rings. The van der Waals surface area contributed by atoms with Crippen LogP contribution in [-0.2, 0) is 26.3 Å². The molecule has 9 heteroatoms. The number of H-pyrrole nitrogens is 1. The minimum Gasteiger partial charge on any atom is -0.381 e. The number of likely N-dealkylation sites (N-methyl/N-ethyl adjacent to an activating group) is 1. The number of carbonyl (C=O) groups is 2. The Bertz CT molecular complexity index is 892. The number of hydrogen-bond acceptors (Lipinski definition) is 5. The van der Waals surface area contributed by atoms with Gasteiger partial charge in [-0.2, -0.15) is 0 Å². The number of aromatic amines is 1. The third kappa shape index (κ3) is 4.01. The molecule has 4 rings (SSSR count). The summed E-state index contributed by atoms with van der Waals surface area (Å²) < 4.78 is 18.5. The van der Waals surface area contributed by atoms with Crippen molar-refractivity contribution in [2.75, 3.05) is 32.1 Å². The number of carbonyl (C=O) groups excluding carboxylic acids is 2. The summed E-state index contributed by atoms with van der Waals surface area (Å²) in [5.74, 6) is -0.879. The van der Waals surface area contributed by atoms with Crippen LogP contribution in [0.1, 0.15) is 24.2 Å². The van der Waals surface area contributed by atoms with E-state index in [1.165, 1.54) is 29.2 Å². The number of hydrogen-bond donors (Lipinski definition) is 3. The average Bonchev–Trinajstić information content (AvgIpc) is 3.19. The zero-order valence-electron chi connectivity index (χ0n) is 16.2. The van der Waals surface area contributed by atoms with Gasteiger partial charge in [0.2, 0.25) is 11.8 Å². The number of ether oxygens (including phenoxy) is 1. The number of fused-ring (bicyclic) bond motifs is 2.